The summed E-state index contributed by atoms with van der Waals surface area (Å²) in [5.41, 5.74) is 1.60. The first-order valence-corrected chi connectivity index (χ1v) is 8.50. The molecule has 3 aromatic rings. The fourth-order valence-electron chi connectivity index (χ4n) is 3.05. The molecule has 0 unspecified atom stereocenters. The Morgan fingerprint density at radius 2 is 1.52 bits per heavy atom. The van der Waals surface area contributed by atoms with Gasteiger partial charge in [0.05, 0.1) is 0 Å². The maximum atomic E-state index is 13.7. The highest BCUT2D eigenvalue weighted by molar-refractivity contribution is 6.04. The van der Waals surface area contributed by atoms with Crippen LogP contribution in [0.25, 0.3) is 11.1 Å². The monoisotopic (exact) mass is 403 g/mol. The van der Waals surface area contributed by atoms with Crippen LogP contribution in [-0.2, 0) is 0 Å². The number of halogens is 4. The van der Waals surface area contributed by atoms with Gasteiger partial charge in [-0.1, -0.05) is 18.2 Å². The standard InChI is InChI=1S/C21H13F4NO3/c1-11-9-17-18(29-21(24,25)28-17)10-14(11)12-5-7-13(8-6-12)26-20(27)19-15(22)3-2-4-16(19)23/h2-10H,1H3,(H,26,27). The van der Waals surface area contributed by atoms with Crippen molar-refractivity contribution in [3.8, 4) is 22.6 Å². The van der Waals surface area contributed by atoms with E-state index in [0.717, 1.165) is 12.1 Å². The van der Waals surface area contributed by atoms with E-state index < -0.39 is 29.4 Å². The quantitative estimate of drug-likeness (QED) is 0.587. The van der Waals surface area contributed by atoms with Crippen molar-refractivity contribution < 1.29 is 31.8 Å². The average molecular weight is 403 g/mol. The van der Waals surface area contributed by atoms with Gasteiger partial charge in [-0.25, -0.2) is 8.78 Å². The van der Waals surface area contributed by atoms with Crippen molar-refractivity contribution >= 4 is 11.6 Å². The molecule has 0 atom stereocenters. The van der Waals surface area contributed by atoms with Crippen LogP contribution in [0.3, 0.4) is 0 Å². The minimum Gasteiger partial charge on any atom is -0.395 e. The Morgan fingerprint density at radius 1 is 0.931 bits per heavy atom. The maximum absolute atomic E-state index is 13.7. The number of alkyl halides is 2. The second-order valence-electron chi connectivity index (χ2n) is 6.41. The summed E-state index contributed by atoms with van der Waals surface area (Å²) in [4.78, 5) is 12.2. The van der Waals surface area contributed by atoms with Gasteiger partial charge in [0.15, 0.2) is 11.5 Å². The Morgan fingerprint density at radius 3 is 2.14 bits per heavy atom. The molecule has 0 bridgehead atoms. The number of ether oxygens (including phenoxy) is 2. The second kappa shape index (κ2) is 6.80. The fourth-order valence-corrected chi connectivity index (χ4v) is 3.05. The summed E-state index contributed by atoms with van der Waals surface area (Å²) in [6.07, 6.45) is -3.70. The van der Waals surface area contributed by atoms with Gasteiger partial charge in [0.25, 0.3) is 5.91 Å². The molecule has 148 valence electrons. The van der Waals surface area contributed by atoms with E-state index in [1.54, 1.807) is 19.1 Å². The van der Waals surface area contributed by atoms with E-state index in [1.807, 2.05) is 0 Å². The fraction of sp³-hybridized carbons (Fsp3) is 0.0952. The Hall–Kier alpha value is -3.55. The minimum atomic E-state index is -3.70. The number of carbonyl (C=O) groups excluding carboxylic acids is 1. The number of rotatable bonds is 3. The third-order valence-corrected chi connectivity index (χ3v) is 4.39. The van der Waals surface area contributed by atoms with Crippen LogP contribution in [0.5, 0.6) is 11.5 Å². The molecular weight excluding hydrogens is 390 g/mol. The van der Waals surface area contributed by atoms with Crippen LogP contribution in [0.4, 0.5) is 23.2 Å². The summed E-state index contributed by atoms with van der Waals surface area (Å²) >= 11 is 0. The largest absolute Gasteiger partial charge is 0.586 e. The third-order valence-electron chi connectivity index (χ3n) is 4.39. The number of hydrogen-bond acceptors (Lipinski definition) is 3. The Kier molecular flexibility index (Phi) is 4.41. The van der Waals surface area contributed by atoms with Crippen LogP contribution in [0.15, 0.2) is 54.6 Å². The Labute approximate surface area is 162 Å². The van der Waals surface area contributed by atoms with Crippen LogP contribution < -0.4 is 14.8 Å². The number of aryl methyl sites for hydroxylation is 1. The van der Waals surface area contributed by atoms with Crippen LogP contribution in [0.2, 0.25) is 0 Å². The van der Waals surface area contributed by atoms with Crippen LogP contribution in [-0.4, -0.2) is 12.2 Å². The topological polar surface area (TPSA) is 47.6 Å². The summed E-state index contributed by atoms with van der Waals surface area (Å²) in [6.45, 7) is 1.73. The summed E-state index contributed by atoms with van der Waals surface area (Å²) < 4.78 is 62.8. The number of anilines is 1. The smallest absolute Gasteiger partial charge is 0.395 e. The molecule has 8 heteroatoms. The van der Waals surface area contributed by atoms with Crippen molar-refractivity contribution in [2.45, 2.75) is 13.2 Å². The van der Waals surface area contributed by atoms with Crippen molar-refractivity contribution in [3.05, 3.63) is 77.4 Å². The Balaban J connectivity index is 1.57. The normalized spacial score (nSPS) is 14.0. The zero-order valence-corrected chi connectivity index (χ0v) is 14.9. The molecule has 4 nitrogen and oxygen atoms in total. The van der Waals surface area contributed by atoms with Crippen molar-refractivity contribution in [3.63, 3.8) is 0 Å². The van der Waals surface area contributed by atoms with Gasteiger partial charge < -0.3 is 14.8 Å². The van der Waals surface area contributed by atoms with Crippen molar-refractivity contribution in [1.29, 1.82) is 0 Å². The number of benzene rings is 3. The lowest BCUT2D eigenvalue weighted by Crippen LogP contribution is -2.25. The Bertz CT molecular complexity index is 1090. The van der Waals surface area contributed by atoms with Gasteiger partial charge in [0, 0.05) is 5.69 Å². The zero-order chi connectivity index (χ0) is 20.8. The number of nitrogens with one attached hydrogen (secondary N) is 1. The lowest BCUT2D eigenvalue weighted by atomic mass is 9.99. The molecule has 0 aliphatic carbocycles. The highest BCUT2D eigenvalue weighted by Crippen LogP contribution is 2.44. The highest BCUT2D eigenvalue weighted by atomic mass is 19.3. The van der Waals surface area contributed by atoms with Gasteiger partial charge in [0.2, 0.25) is 0 Å². The van der Waals surface area contributed by atoms with E-state index >= 15 is 0 Å². The molecule has 0 radical (unpaired) electrons. The summed E-state index contributed by atoms with van der Waals surface area (Å²) in [5, 5.41) is 2.42. The van der Waals surface area contributed by atoms with E-state index in [0.29, 0.717) is 22.4 Å². The van der Waals surface area contributed by atoms with Crippen LogP contribution in [0, 0.1) is 18.6 Å². The molecule has 1 aliphatic heterocycles. The van der Waals surface area contributed by atoms with E-state index in [1.165, 1.54) is 30.3 Å². The van der Waals surface area contributed by atoms with Gasteiger partial charge in [-0.05, 0) is 60.0 Å². The van der Waals surface area contributed by atoms with Gasteiger partial charge >= 0.3 is 6.29 Å². The molecule has 1 amide bonds. The second-order valence-corrected chi connectivity index (χ2v) is 6.41. The zero-order valence-electron chi connectivity index (χ0n) is 14.9. The van der Waals surface area contributed by atoms with E-state index in [2.05, 4.69) is 14.8 Å². The van der Waals surface area contributed by atoms with Gasteiger partial charge in [0.1, 0.15) is 17.2 Å². The lowest BCUT2D eigenvalue weighted by Gasteiger charge is -2.10. The van der Waals surface area contributed by atoms with E-state index in [4.69, 9.17) is 0 Å². The molecule has 0 aromatic heterocycles. The first-order valence-electron chi connectivity index (χ1n) is 8.50. The van der Waals surface area contributed by atoms with Crippen molar-refractivity contribution in [1.82, 2.24) is 0 Å². The molecule has 1 N–H and O–H groups in total. The molecule has 0 saturated carbocycles. The van der Waals surface area contributed by atoms with Crippen molar-refractivity contribution in [2.75, 3.05) is 5.32 Å². The van der Waals surface area contributed by atoms with Crippen LogP contribution >= 0.6 is 0 Å². The highest BCUT2D eigenvalue weighted by Gasteiger charge is 2.43. The molecule has 3 aromatic carbocycles. The van der Waals surface area contributed by atoms with Crippen molar-refractivity contribution in [2.24, 2.45) is 0 Å². The molecule has 29 heavy (non-hydrogen) atoms. The predicted octanol–water partition coefficient (Wildman–Crippen LogP) is 5.51. The number of fused-ring (bicyclic) bond motifs is 1. The summed E-state index contributed by atoms with van der Waals surface area (Å²) in [6, 6.07) is 12.4. The average Bonchev–Trinajstić information content (AvgIpc) is 2.94. The SMILES string of the molecule is Cc1cc2c(cc1-c1ccc(NC(=O)c3c(F)cccc3F)cc1)OC(F)(F)O2. The number of carbonyl (C=O) groups is 1. The summed E-state index contributed by atoms with van der Waals surface area (Å²) in [5.74, 6) is -2.98. The van der Waals surface area contributed by atoms with E-state index in [9.17, 15) is 22.4 Å². The van der Waals surface area contributed by atoms with Gasteiger partial charge in [-0.2, -0.15) is 0 Å². The molecule has 0 fully saturated rings. The molecule has 0 spiro atoms. The minimum absolute atomic E-state index is 0.0490. The number of amides is 1. The molecule has 0 saturated heterocycles. The molecule has 4 rings (SSSR count). The first kappa shape index (κ1) is 18.8. The molecular formula is C21H13F4NO3. The number of hydrogen-bond donors (Lipinski definition) is 1. The summed E-state index contributed by atoms with van der Waals surface area (Å²) in [7, 11) is 0. The third kappa shape index (κ3) is 3.61. The van der Waals surface area contributed by atoms with E-state index in [-0.39, 0.29) is 11.5 Å². The van der Waals surface area contributed by atoms with Crippen LogP contribution in [0.1, 0.15) is 15.9 Å². The predicted molar refractivity (Wildman–Crippen MR) is 97.1 cm³/mol. The molecule has 1 heterocycles. The van der Waals surface area contributed by atoms with Gasteiger partial charge in [-0.15, -0.1) is 8.78 Å². The molecule has 1 aliphatic rings. The van der Waals surface area contributed by atoms with Gasteiger partial charge in [-0.3, -0.25) is 4.79 Å². The first-order chi connectivity index (χ1) is 13.7. The lowest BCUT2D eigenvalue weighted by molar-refractivity contribution is -0.286. The maximum Gasteiger partial charge on any atom is 0.586 e.